The van der Waals surface area contributed by atoms with Gasteiger partial charge >= 0.3 is 0 Å². The number of hydrogen-bond acceptors (Lipinski definition) is 2. The van der Waals surface area contributed by atoms with Crippen LogP contribution in [0.5, 0.6) is 0 Å². The lowest BCUT2D eigenvalue weighted by molar-refractivity contribution is 0.707. The molecule has 0 radical (unpaired) electrons. The first-order chi connectivity index (χ1) is 11.2. The summed E-state index contributed by atoms with van der Waals surface area (Å²) in [7, 11) is 0. The maximum absolute atomic E-state index is 4.82. The lowest BCUT2D eigenvalue weighted by Crippen LogP contribution is -2.14. The van der Waals surface area contributed by atoms with Gasteiger partial charge in [0.1, 0.15) is 5.82 Å². The predicted molar refractivity (Wildman–Crippen MR) is 96.7 cm³/mol. The summed E-state index contributed by atoms with van der Waals surface area (Å²) in [5.41, 5.74) is 6.23. The van der Waals surface area contributed by atoms with E-state index in [0.29, 0.717) is 0 Å². The Kier molecular flexibility index (Phi) is 4.47. The van der Waals surface area contributed by atoms with Gasteiger partial charge in [-0.1, -0.05) is 42.5 Å². The zero-order valence-electron chi connectivity index (χ0n) is 13.8. The minimum atomic E-state index is 0.847. The largest absolute Gasteiger partial charge is 0.391 e. The van der Waals surface area contributed by atoms with Gasteiger partial charge in [-0.3, -0.25) is 0 Å². The molecule has 3 aromatic rings. The summed E-state index contributed by atoms with van der Waals surface area (Å²) in [6.07, 6.45) is 2.61. The molecule has 0 saturated carbocycles. The van der Waals surface area contributed by atoms with Crippen molar-refractivity contribution in [3.8, 4) is 0 Å². The number of aromatic nitrogens is 2. The van der Waals surface area contributed by atoms with Gasteiger partial charge in [-0.05, 0) is 43.3 Å². The highest BCUT2D eigenvalue weighted by Crippen LogP contribution is 2.20. The fourth-order valence-corrected chi connectivity index (χ4v) is 2.92. The van der Waals surface area contributed by atoms with Gasteiger partial charge in [0, 0.05) is 19.5 Å². The molecule has 0 amide bonds. The molecular weight excluding hydrogens is 282 g/mol. The number of para-hydroxylation sites is 2. The maximum atomic E-state index is 4.82. The molecular formula is C20H23N3. The second kappa shape index (κ2) is 6.69. The first-order valence-corrected chi connectivity index (χ1v) is 8.03. The summed E-state index contributed by atoms with van der Waals surface area (Å²) in [4.78, 5) is 4.82. The molecule has 0 atom stereocenters. The summed E-state index contributed by atoms with van der Waals surface area (Å²) < 4.78 is 2.34. The molecule has 3 nitrogen and oxygen atoms in total. The van der Waals surface area contributed by atoms with Crippen molar-refractivity contribution < 1.29 is 0 Å². The van der Waals surface area contributed by atoms with E-state index in [0.717, 1.165) is 30.9 Å². The lowest BCUT2D eigenvalue weighted by Gasteiger charge is -2.12. The molecule has 1 aromatic heterocycles. The van der Waals surface area contributed by atoms with Gasteiger partial charge in [0.2, 0.25) is 0 Å². The van der Waals surface area contributed by atoms with Crippen molar-refractivity contribution in [1.82, 2.24) is 14.9 Å². The molecule has 0 unspecified atom stereocenters. The molecule has 0 bridgehead atoms. The van der Waals surface area contributed by atoms with Crippen molar-refractivity contribution in [2.45, 2.75) is 26.8 Å². The normalized spacial score (nSPS) is 10.9. The Bertz CT molecular complexity index is 830. The molecule has 0 spiro atoms. The summed E-state index contributed by atoms with van der Waals surface area (Å²) in [6.45, 7) is 9.73. The minimum Gasteiger partial charge on any atom is -0.391 e. The van der Waals surface area contributed by atoms with E-state index in [1.165, 1.54) is 22.2 Å². The fraction of sp³-hybridized carbons (Fsp3) is 0.250. The van der Waals surface area contributed by atoms with Crippen LogP contribution in [-0.4, -0.2) is 16.1 Å². The van der Waals surface area contributed by atoms with Gasteiger partial charge in [0.05, 0.1) is 11.0 Å². The second-order valence-corrected chi connectivity index (χ2v) is 5.94. The maximum Gasteiger partial charge on any atom is 0.111 e. The van der Waals surface area contributed by atoms with Crippen molar-refractivity contribution in [1.29, 1.82) is 0 Å². The van der Waals surface area contributed by atoms with E-state index >= 15 is 0 Å². The smallest absolute Gasteiger partial charge is 0.111 e. The van der Waals surface area contributed by atoms with Gasteiger partial charge in [-0.25, -0.2) is 4.98 Å². The number of rotatable bonds is 6. The quantitative estimate of drug-likeness (QED) is 0.698. The van der Waals surface area contributed by atoms with Gasteiger partial charge in [0.25, 0.3) is 0 Å². The standard InChI is InChI=1S/C20H23N3/c1-4-21-12-11-20-22-18-7-5-6-8-19(18)23(20)14-17-13-15(2)9-10-16(17)3/h4-10,13,21H,1,11-12,14H2,2-3H3. The number of benzene rings is 2. The average Bonchev–Trinajstić information content (AvgIpc) is 2.89. The molecule has 1 heterocycles. The molecule has 2 aromatic carbocycles. The van der Waals surface area contributed by atoms with Crippen molar-refractivity contribution in [3.05, 3.63) is 77.8 Å². The number of aryl methyl sites for hydroxylation is 2. The van der Waals surface area contributed by atoms with Crippen LogP contribution in [-0.2, 0) is 13.0 Å². The number of nitrogens with one attached hydrogen (secondary N) is 1. The van der Waals surface area contributed by atoms with Gasteiger partial charge < -0.3 is 9.88 Å². The Morgan fingerprint density at radius 2 is 2.00 bits per heavy atom. The summed E-state index contributed by atoms with van der Waals surface area (Å²) in [5.74, 6) is 1.11. The molecule has 3 rings (SSSR count). The van der Waals surface area contributed by atoms with E-state index in [1.54, 1.807) is 6.20 Å². The Morgan fingerprint density at radius 3 is 2.83 bits per heavy atom. The summed E-state index contributed by atoms with van der Waals surface area (Å²) in [5, 5.41) is 3.16. The Balaban J connectivity index is 2.01. The molecule has 1 N–H and O–H groups in total. The van der Waals surface area contributed by atoms with Gasteiger partial charge in [0.15, 0.2) is 0 Å². The predicted octanol–water partition coefficient (Wildman–Crippen LogP) is 3.98. The molecule has 3 heteroatoms. The number of fused-ring (bicyclic) bond motifs is 1. The minimum absolute atomic E-state index is 0.847. The van der Waals surface area contributed by atoms with Crippen molar-refractivity contribution in [2.24, 2.45) is 0 Å². The van der Waals surface area contributed by atoms with E-state index < -0.39 is 0 Å². The van der Waals surface area contributed by atoms with E-state index in [4.69, 9.17) is 4.98 Å². The van der Waals surface area contributed by atoms with Crippen molar-refractivity contribution in [3.63, 3.8) is 0 Å². The Hall–Kier alpha value is -2.55. The average molecular weight is 305 g/mol. The zero-order valence-corrected chi connectivity index (χ0v) is 13.8. The summed E-state index contributed by atoms with van der Waals surface area (Å²) in [6, 6.07) is 15.0. The third kappa shape index (κ3) is 3.29. The first-order valence-electron chi connectivity index (χ1n) is 8.03. The van der Waals surface area contributed by atoms with E-state index in [2.05, 4.69) is 66.7 Å². The third-order valence-corrected chi connectivity index (χ3v) is 4.20. The van der Waals surface area contributed by atoms with Crippen LogP contribution in [0, 0.1) is 13.8 Å². The Labute approximate surface area is 137 Å². The molecule has 0 saturated heterocycles. The van der Waals surface area contributed by atoms with Crippen LogP contribution in [0.4, 0.5) is 0 Å². The number of imidazole rings is 1. The lowest BCUT2D eigenvalue weighted by atomic mass is 10.1. The van der Waals surface area contributed by atoms with Crippen LogP contribution in [0.3, 0.4) is 0 Å². The molecule has 0 aliphatic heterocycles. The molecule has 0 fully saturated rings. The third-order valence-electron chi connectivity index (χ3n) is 4.20. The molecule has 0 aliphatic rings. The van der Waals surface area contributed by atoms with Crippen molar-refractivity contribution in [2.75, 3.05) is 6.54 Å². The topological polar surface area (TPSA) is 29.9 Å². The fourth-order valence-electron chi connectivity index (χ4n) is 2.92. The van der Waals surface area contributed by atoms with Crippen LogP contribution in [0.15, 0.2) is 55.2 Å². The summed E-state index contributed by atoms with van der Waals surface area (Å²) >= 11 is 0. The van der Waals surface area contributed by atoms with Crippen LogP contribution < -0.4 is 5.32 Å². The highest BCUT2D eigenvalue weighted by molar-refractivity contribution is 5.76. The van der Waals surface area contributed by atoms with Crippen LogP contribution >= 0.6 is 0 Å². The Morgan fingerprint density at radius 1 is 1.17 bits per heavy atom. The molecule has 118 valence electrons. The number of hydrogen-bond donors (Lipinski definition) is 1. The second-order valence-electron chi connectivity index (χ2n) is 5.94. The molecule has 0 aliphatic carbocycles. The van der Waals surface area contributed by atoms with E-state index in [-0.39, 0.29) is 0 Å². The van der Waals surface area contributed by atoms with Crippen LogP contribution in [0.1, 0.15) is 22.5 Å². The van der Waals surface area contributed by atoms with Crippen LogP contribution in [0.2, 0.25) is 0 Å². The molecule has 23 heavy (non-hydrogen) atoms. The van der Waals surface area contributed by atoms with Crippen LogP contribution in [0.25, 0.3) is 11.0 Å². The van der Waals surface area contributed by atoms with E-state index in [1.807, 2.05) is 6.07 Å². The number of nitrogens with zero attached hydrogens (tertiary/aromatic N) is 2. The zero-order chi connectivity index (χ0) is 16.2. The van der Waals surface area contributed by atoms with Gasteiger partial charge in [-0.15, -0.1) is 0 Å². The highest BCUT2D eigenvalue weighted by Gasteiger charge is 2.11. The SMILES string of the molecule is C=CNCCc1nc2ccccc2n1Cc1cc(C)ccc1C. The highest BCUT2D eigenvalue weighted by atomic mass is 15.1. The first kappa shape index (κ1) is 15.3. The van der Waals surface area contributed by atoms with Crippen molar-refractivity contribution >= 4 is 11.0 Å². The van der Waals surface area contributed by atoms with E-state index in [9.17, 15) is 0 Å². The monoisotopic (exact) mass is 305 g/mol. The van der Waals surface area contributed by atoms with Gasteiger partial charge in [-0.2, -0.15) is 0 Å².